The van der Waals surface area contributed by atoms with Gasteiger partial charge in [0.15, 0.2) is 0 Å². The van der Waals surface area contributed by atoms with Gasteiger partial charge in [-0.25, -0.2) is 0 Å². The Hall–Kier alpha value is -1.81. The molecule has 0 bridgehead atoms. The molecule has 0 saturated carbocycles. The number of benzene rings is 2. The molecule has 1 radical (unpaired) electrons. The first-order valence-corrected chi connectivity index (χ1v) is 9.86. The van der Waals surface area contributed by atoms with E-state index >= 15 is 0 Å². The summed E-state index contributed by atoms with van der Waals surface area (Å²) < 4.78 is 3.37. The molecule has 0 N–H and O–H groups in total. The van der Waals surface area contributed by atoms with Crippen molar-refractivity contribution in [3.63, 3.8) is 0 Å². The summed E-state index contributed by atoms with van der Waals surface area (Å²) in [6.07, 6.45) is 3.93. The molecule has 27 heavy (non-hydrogen) atoms. The minimum absolute atomic E-state index is 0. The van der Waals surface area contributed by atoms with E-state index in [1.54, 1.807) is 11.3 Å². The van der Waals surface area contributed by atoms with Crippen LogP contribution in [-0.4, -0.2) is 14.5 Å². The number of hydrogen-bond acceptors (Lipinski definition) is 3. The van der Waals surface area contributed by atoms with Crippen molar-refractivity contribution in [2.75, 3.05) is 0 Å². The number of nitrogens with zero attached hydrogens (tertiary/aromatic N) is 3. The Morgan fingerprint density at radius 3 is 2.41 bits per heavy atom. The summed E-state index contributed by atoms with van der Waals surface area (Å²) in [5, 5.41) is 0. The van der Waals surface area contributed by atoms with Crippen LogP contribution in [-0.2, 0) is 20.1 Å². The molecule has 0 aliphatic heterocycles. The van der Waals surface area contributed by atoms with Crippen molar-refractivity contribution in [3.8, 4) is 17.1 Å². The molecule has 2 heterocycles. The second-order valence-electron chi connectivity index (χ2n) is 7.16. The molecule has 0 amide bonds. The van der Waals surface area contributed by atoms with Gasteiger partial charge in [0.1, 0.15) is 0 Å². The first kappa shape index (κ1) is 19.9. The molecule has 4 aromatic rings. The molecule has 4 rings (SSSR count). The van der Waals surface area contributed by atoms with Crippen molar-refractivity contribution in [1.29, 1.82) is 0 Å². The fourth-order valence-electron chi connectivity index (χ4n) is 3.40. The molecule has 0 aliphatic carbocycles. The smallest absolute Gasteiger partial charge is 0.0692 e. The number of para-hydroxylation sites is 1. The molecular formula is C22H22IrN3S-. The van der Waals surface area contributed by atoms with Gasteiger partial charge in [-0.2, -0.15) is 11.3 Å². The number of fused-ring (bicyclic) bond motifs is 1. The zero-order chi connectivity index (χ0) is 18.3. The SMILES string of the molecule is CC(C)c1cccc(C(C)C)c1-n1ccnc1-c1[c-]cc2scnc2c1.[Ir]. The number of hydrogen-bond donors (Lipinski definition) is 0. The fourth-order valence-corrected chi connectivity index (χ4v) is 4.04. The average molecular weight is 553 g/mol. The van der Waals surface area contributed by atoms with Gasteiger partial charge in [-0.1, -0.05) is 45.9 Å². The Morgan fingerprint density at radius 2 is 1.74 bits per heavy atom. The van der Waals surface area contributed by atoms with Gasteiger partial charge in [-0.3, -0.25) is 9.97 Å². The van der Waals surface area contributed by atoms with E-state index in [2.05, 4.69) is 78.8 Å². The number of imidazole rings is 1. The van der Waals surface area contributed by atoms with Crippen molar-refractivity contribution in [3.05, 3.63) is 65.4 Å². The van der Waals surface area contributed by atoms with Crippen LogP contribution < -0.4 is 0 Å². The number of aromatic nitrogens is 3. The van der Waals surface area contributed by atoms with Crippen LogP contribution in [0, 0.1) is 6.07 Å². The Labute approximate surface area is 177 Å². The van der Waals surface area contributed by atoms with Gasteiger partial charge in [0, 0.05) is 38.2 Å². The standard InChI is InChI=1S/C22H22N3S.Ir/c1-14(2)17-6-5-7-18(15(3)4)21(17)25-11-10-23-22(25)16-8-9-20-19(12-16)24-13-26-20;/h5-7,9-15H,1-4H3;/q-1;. The van der Waals surface area contributed by atoms with Gasteiger partial charge in [0.05, 0.1) is 11.3 Å². The van der Waals surface area contributed by atoms with Gasteiger partial charge in [-0.15, -0.1) is 23.8 Å². The van der Waals surface area contributed by atoms with E-state index in [0.717, 1.165) is 21.6 Å². The van der Waals surface area contributed by atoms with E-state index < -0.39 is 0 Å². The van der Waals surface area contributed by atoms with Crippen LogP contribution in [0.2, 0.25) is 0 Å². The Balaban J connectivity index is 0.00000210. The maximum atomic E-state index is 4.66. The minimum atomic E-state index is 0. The molecule has 0 aliphatic rings. The molecule has 141 valence electrons. The largest absolute Gasteiger partial charge is 0.340 e. The Kier molecular flexibility index (Phi) is 5.95. The maximum absolute atomic E-state index is 4.66. The molecule has 3 nitrogen and oxygen atoms in total. The normalized spacial score (nSPS) is 11.3. The van der Waals surface area contributed by atoms with E-state index in [4.69, 9.17) is 0 Å². The maximum Gasteiger partial charge on any atom is 0.0692 e. The molecule has 0 spiro atoms. The van der Waals surface area contributed by atoms with E-state index in [9.17, 15) is 0 Å². The quantitative estimate of drug-likeness (QED) is 0.283. The number of thiazole rings is 1. The van der Waals surface area contributed by atoms with Crippen molar-refractivity contribution in [2.24, 2.45) is 0 Å². The molecule has 0 unspecified atom stereocenters. The predicted octanol–water partition coefficient (Wildman–Crippen LogP) is 6.19. The van der Waals surface area contributed by atoms with Gasteiger partial charge in [0.2, 0.25) is 0 Å². The van der Waals surface area contributed by atoms with Crippen LogP contribution in [0.15, 0.2) is 48.2 Å². The Morgan fingerprint density at radius 1 is 1.04 bits per heavy atom. The van der Waals surface area contributed by atoms with E-state index in [1.165, 1.54) is 16.8 Å². The zero-order valence-electron chi connectivity index (χ0n) is 15.9. The second-order valence-corrected chi connectivity index (χ2v) is 8.05. The van der Waals surface area contributed by atoms with Crippen LogP contribution in [0.1, 0.15) is 50.7 Å². The van der Waals surface area contributed by atoms with Gasteiger partial charge in [-0.05, 0) is 33.2 Å². The summed E-state index contributed by atoms with van der Waals surface area (Å²) in [6.45, 7) is 8.97. The van der Waals surface area contributed by atoms with Crippen LogP contribution in [0.5, 0.6) is 0 Å². The first-order valence-electron chi connectivity index (χ1n) is 8.98. The molecule has 2 aromatic carbocycles. The van der Waals surface area contributed by atoms with Gasteiger partial charge >= 0.3 is 0 Å². The molecular weight excluding hydrogens is 531 g/mol. The van der Waals surface area contributed by atoms with Gasteiger partial charge < -0.3 is 4.57 Å². The molecule has 5 heteroatoms. The predicted molar refractivity (Wildman–Crippen MR) is 109 cm³/mol. The summed E-state index contributed by atoms with van der Waals surface area (Å²) in [7, 11) is 0. The zero-order valence-corrected chi connectivity index (χ0v) is 19.1. The van der Waals surface area contributed by atoms with Crippen molar-refractivity contribution >= 4 is 21.6 Å². The van der Waals surface area contributed by atoms with E-state index in [0.29, 0.717) is 11.8 Å². The summed E-state index contributed by atoms with van der Waals surface area (Å²) in [5.41, 5.74) is 7.77. The minimum Gasteiger partial charge on any atom is -0.340 e. The summed E-state index contributed by atoms with van der Waals surface area (Å²) in [6, 6.07) is 14.1. The second kappa shape index (κ2) is 8.05. The Bertz CT molecular complexity index is 1040. The van der Waals surface area contributed by atoms with Crippen molar-refractivity contribution in [1.82, 2.24) is 14.5 Å². The molecule has 0 saturated heterocycles. The number of rotatable bonds is 4. The molecule has 0 atom stereocenters. The molecule has 2 aromatic heterocycles. The van der Waals surface area contributed by atoms with E-state index in [-0.39, 0.29) is 20.1 Å². The van der Waals surface area contributed by atoms with Crippen LogP contribution >= 0.6 is 11.3 Å². The monoisotopic (exact) mass is 553 g/mol. The van der Waals surface area contributed by atoms with Crippen LogP contribution in [0.3, 0.4) is 0 Å². The summed E-state index contributed by atoms with van der Waals surface area (Å²) in [4.78, 5) is 9.11. The average Bonchev–Trinajstić information content (AvgIpc) is 3.29. The summed E-state index contributed by atoms with van der Waals surface area (Å²) >= 11 is 1.64. The summed E-state index contributed by atoms with van der Waals surface area (Å²) in [5.74, 6) is 1.78. The third kappa shape index (κ3) is 3.64. The third-order valence-corrected chi connectivity index (χ3v) is 5.52. The van der Waals surface area contributed by atoms with E-state index in [1.807, 2.05) is 17.8 Å². The van der Waals surface area contributed by atoms with Crippen molar-refractivity contribution < 1.29 is 20.1 Å². The molecule has 0 fully saturated rings. The fraction of sp³-hybridized carbons (Fsp3) is 0.273. The van der Waals surface area contributed by atoms with Crippen LogP contribution in [0.4, 0.5) is 0 Å². The third-order valence-electron chi connectivity index (χ3n) is 4.73. The van der Waals surface area contributed by atoms with Crippen molar-refractivity contribution in [2.45, 2.75) is 39.5 Å². The van der Waals surface area contributed by atoms with Crippen LogP contribution in [0.25, 0.3) is 27.3 Å². The van der Waals surface area contributed by atoms with Gasteiger partial charge in [0.25, 0.3) is 0 Å². The first-order chi connectivity index (χ1) is 12.6. The topological polar surface area (TPSA) is 30.7 Å².